The number of aromatic nitrogens is 1. The van der Waals surface area contributed by atoms with E-state index in [2.05, 4.69) is 6.20 Å². The van der Waals surface area contributed by atoms with Crippen LogP contribution in [0.2, 0.25) is 0 Å². The lowest BCUT2D eigenvalue weighted by Gasteiger charge is -2.14. The van der Waals surface area contributed by atoms with Crippen molar-refractivity contribution in [3.8, 4) is 0 Å². The normalized spacial score (nSPS) is 26.5. The average Bonchev–Trinajstić information content (AvgIpc) is 2.91. The van der Waals surface area contributed by atoms with Gasteiger partial charge in [-0.1, -0.05) is 18.2 Å². The molecule has 0 amide bonds. The van der Waals surface area contributed by atoms with E-state index in [4.69, 9.17) is 9.84 Å². The smallest absolute Gasteiger partial charge is 0.271 e. The third kappa shape index (κ3) is 3.50. The topological polar surface area (TPSA) is 90.9 Å². The maximum absolute atomic E-state index is 12.4. The van der Waals surface area contributed by atoms with Crippen molar-refractivity contribution in [1.82, 2.24) is 0 Å². The van der Waals surface area contributed by atoms with E-state index >= 15 is 0 Å². The Morgan fingerprint density at radius 3 is 2.62 bits per heavy atom. The van der Waals surface area contributed by atoms with Crippen LogP contribution in [0.4, 0.5) is 0 Å². The predicted octanol–water partition coefficient (Wildman–Crippen LogP) is 0.318. The molecule has 1 aliphatic heterocycles. The zero-order chi connectivity index (χ0) is 17.1. The predicted molar refractivity (Wildman–Crippen MR) is 85.1 cm³/mol. The Morgan fingerprint density at radius 1 is 1.21 bits per heavy atom. The Kier molecular flexibility index (Phi) is 5.27. The van der Waals surface area contributed by atoms with Crippen LogP contribution >= 0.6 is 11.8 Å². The molecule has 1 fully saturated rings. The number of carbonyl (C=O) groups is 1. The number of thioether (sulfide) groups is 1. The molecule has 24 heavy (non-hydrogen) atoms. The van der Waals surface area contributed by atoms with E-state index in [9.17, 15) is 15.0 Å². The number of hydrogen-bond donors (Lipinski definition) is 3. The first-order valence-corrected chi connectivity index (χ1v) is 8.24. The maximum atomic E-state index is 12.4. The van der Waals surface area contributed by atoms with Crippen LogP contribution in [0.5, 0.6) is 0 Å². The molecule has 0 radical (unpaired) electrons. The van der Waals surface area contributed by atoms with Gasteiger partial charge in [-0.15, -0.1) is 12.1 Å². The SMILES string of the molecule is O=C(Sc1ccccc1)c1cc[c-][n+]([C@@H]2O[C@H](CO)[C@@H](O)[C@H]2O)c1. The van der Waals surface area contributed by atoms with Gasteiger partial charge < -0.3 is 20.1 Å². The summed E-state index contributed by atoms with van der Waals surface area (Å²) in [5, 5.41) is 28.9. The molecule has 2 aromatic rings. The molecule has 6 nitrogen and oxygen atoms in total. The first-order chi connectivity index (χ1) is 11.6. The molecule has 3 rings (SSSR count). The Morgan fingerprint density at radius 2 is 1.96 bits per heavy atom. The molecule has 0 spiro atoms. The molecular weight excluding hydrogens is 330 g/mol. The molecule has 0 aliphatic carbocycles. The minimum Gasteiger partial charge on any atom is -0.394 e. The van der Waals surface area contributed by atoms with Crippen LogP contribution in [-0.2, 0) is 4.74 Å². The van der Waals surface area contributed by atoms with Gasteiger partial charge in [0.2, 0.25) is 5.12 Å². The Labute approximate surface area is 143 Å². The fourth-order valence-electron chi connectivity index (χ4n) is 2.48. The van der Waals surface area contributed by atoms with Gasteiger partial charge >= 0.3 is 0 Å². The molecular formula is C17H17NO5S. The molecule has 2 heterocycles. The first kappa shape index (κ1) is 17.1. The molecule has 3 N–H and O–H groups in total. The van der Waals surface area contributed by atoms with Gasteiger partial charge in [0, 0.05) is 4.90 Å². The average molecular weight is 347 g/mol. The Bertz CT molecular complexity index is 711. The molecule has 1 saturated heterocycles. The van der Waals surface area contributed by atoms with Crippen LogP contribution in [-0.4, -0.2) is 45.4 Å². The van der Waals surface area contributed by atoms with Crippen molar-refractivity contribution in [2.24, 2.45) is 0 Å². The van der Waals surface area contributed by atoms with E-state index in [1.165, 1.54) is 10.8 Å². The molecule has 1 aromatic carbocycles. The number of rotatable bonds is 4. The van der Waals surface area contributed by atoms with Crippen molar-refractivity contribution in [1.29, 1.82) is 0 Å². The van der Waals surface area contributed by atoms with Gasteiger partial charge in [0.1, 0.15) is 18.4 Å². The Hall–Kier alpha value is -1.77. The monoisotopic (exact) mass is 347 g/mol. The number of aliphatic hydroxyl groups excluding tert-OH is 3. The summed E-state index contributed by atoms with van der Waals surface area (Å²) >= 11 is 1.10. The summed E-state index contributed by atoms with van der Waals surface area (Å²) in [4.78, 5) is 13.2. The van der Waals surface area contributed by atoms with Crippen LogP contribution in [0.25, 0.3) is 0 Å². The molecule has 1 aliphatic rings. The minimum atomic E-state index is -1.21. The molecule has 7 heteroatoms. The molecule has 0 bridgehead atoms. The lowest BCUT2D eigenvalue weighted by atomic mass is 10.1. The van der Waals surface area contributed by atoms with Crippen LogP contribution in [0, 0.1) is 6.20 Å². The summed E-state index contributed by atoms with van der Waals surface area (Å²) in [6, 6.07) is 12.4. The van der Waals surface area contributed by atoms with Gasteiger partial charge in [-0.25, -0.2) is 0 Å². The maximum Gasteiger partial charge on any atom is 0.271 e. The third-order valence-corrected chi connectivity index (χ3v) is 4.67. The molecule has 0 saturated carbocycles. The second kappa shape index (κ2) is 7.42. The van der Waals surface area contributed by atoms with Crippen LogP contribution in [0.15, 0.2) is 53.6 Å². The third-order valence-electron chi connectivity index (χ3n) is 3.75. The summed E-state index contributed by atoms with van der Waals surface area (Å²) in [5.41, 5.74) is 0.417. The van der Waals surface area contributed by atoms with Crippen molar-refractivity contribution < 1.29 is 29.4 Å². The summed E-state index contributed by atoms with van der Waals surface area (Å²) in [7, 11) is 0. The van der Waals surface area contributed by atoms with Gasteiger partial charge in [0.05, 0.1) is 12.8 Å². The van der Waals surface area contributed by atoms with Crippen molar-refractivity contribution >= 4 is 16.9 Å². The minimum absolute atomic E-state index is 0.157. The zero-order valence-corrected chi connectivity index (χ0v) is 13.5. The van der Waals surface area contributed by atoms with Crippen molar-refractivity contribution in [2.45, 2.75) is 29.4 Å². The highest BCUT2D eigenvalue weighted by Gasteiger charge is 2.46. The molecule has 0 unspecified atom stereocenters. The van der Waals surface area contributed by atoms with Crippen molar-refractivity contribution in [3.05, 3.63) is 60.4 Å². The van der Waals surface area contributed by atoms with E-state index in [1.54, 1.807) is 12.1 Å². The van der Waals surface area contributed by atoms with Crippen LogP contribution in [0.1, 0.15) is 16.6 Å². The van der Waals surface area contributed by atoms with Gasteiger partial charge in [0.25, 0.3) is 6.23 Å². The lowest BCUT2D eigenvalue weighted by Crippen LogP contribution is -2.46. The molecule has 126 valence electrons. The van der Waals surface area contributed by atoms with E-state index < -0.39 is 31.1 Å². The summed E-state index contributed by atoms with van der Waals surface area (Å²) < 4.78 is 6.84. The number of benzene rings is 1. The van der Waals surface area contributed by atoms with Crippen molar-refractivity contribution in [3.63, 3.8) is 0 Å². The number of pyridine rings is 1. The van der Waals surface area contributed by atoms with E-state index in [0.717, 1.165) is 16.7 Å². The van der Waals surface area contributed by atoms with E-state index in [-0.39, 0.29) is 5.12 Å². The first-order valence-electron chi connectivity index (χ1n) is 7.42. The van der Waals surface area contributed by atoms with Crippen LogP contribution in [0.3, 0.4) is 0 Å². The van der Waals surface area contributed by atoms with E-state index in [1.807, 2.05) is 30.3 Å². The summed E-state index contributed by atoms with van der Waals surface area (Å²) in [6.45, 7) is -0.405. The van der Waals surface area contributed by atoms with Crippen molar-refractivity contribution in [2.75, 3.05) is 6.61 Å². The largest absolute Gasteiger partial charge is 0.394 e. The zero-order valence-electron chi connectivity index (χ0n) is 12.6. The van der Waals surface area contributed by atoms with E-state index in [0.29, 0.717) is 5.56 Å². The number of hydrogen-bond acceptors (Lipinski definition) is 6. The molecule has 1 aromatic heterocycles. The summed E-state index contributed by atoms with van der Waals surface area (Å²) in [5.74, 6) is 0. The van der Waals surface area contributed by atoms with Crippen LogP contribution < -0.4 is 4.57 Å². The fourth-order valence-corrected chi connectivity index (χ4v) is 3.22. The highest BCUT2D eigenvalue weighted by molar-refractivity contribution is 8.14. The highest BCUT2D eigenvalue weighted by Crippen LogP contribution is 2.26. The highest BCUT2D eigenvalue weighted by atomic mass is 32.2. The second-order valence-corrected chi connectivity index (χ2v) is 6.43. The van der Waals surface area contributed by atoms with Gasteiger partial charge in [-0.3, -0.25) is 9.36 Å². The number of ether oxygens (including phenoxy) is 1. The lowest BCUT2D eigenvalue weighted by molar-refractivity contribution is -0.769. The number of aliphatic hydroxyl groups is 3. The molecule has 4 atom stereocenters. The standard InChI is InChI=1S/C17H17NO5S/c19-10-13-14(20)15(21)16(23-13)18-8-4-5-11(9-18)17(22)24-12-6-2-1-3-7-12/h1-7,9,13-16,19-21H,10H2/t13-,14-,15-,16-/m1/s1. The Balaban J connectivity index is 1.78. The summed E-state index contributed by atoms with van der Waals surface area (Å²) in [6.07, 6.45) is 0.165. The van der Waals surface area contributed by atoms with Gasteiger partial charge in [-0.05, 0) is 29.5 Å². The second-order valence-electron chi connectivity index (χ2n) is 5.39. The fraction of sp³-hybridized carbons (Fsp3) is 0.294. The number of nitrogens with zero attached hydrogens (tertiary/aromatic N) is 1. The number of carbonyl (C=O) groups excluding carboxylic acids is 1. The van der Waals surface area contributed by atoms with Gasteiger partial charge in [-0.2, -0.15) is 0 Å². The quantitative estimate of drug-likeness (QED) is 0.419. The van der Waals surface area contributed by atoms with Gasteiger partial charge in [0.15, 0.2) is 6.10 Å².